The summed E-state index contributed by atoms with van der Waals surface area (Å²) in [7, 11) is 0. The summed E-state index contributed by atoms with van der Waals surface area (Å²) in [6, 6.07) is 2.05. The number of carbonyl (C=O) groups excluding carboxylic acids is 2. The van der Waals surface area contributed by atoms with Crippen molar-refractivity contribution in [2.45, 2.75) is 57.1 Å². The Morgan fingerprint density at radius 2 is 1.92 bits per heavy atom. The summed E-state index contributed by atoms with van der Waals surface area (Å²) in [5, 5.41) is 4.30. The van der Waals surface area contributed by atoms with Gasteiger partial charge in [0.25, 0.3) is 0 Å². The zero-order valence-corrected chi connectivity index (χ0v) is 14.0. The van der Waals surface area contributed by atoms with Crippen molar-refractivity contribution in [2.75, 3.05) is 13.1 Å². The molecule has 3 atom stereocenters. The highest BCUT2D eigenvalue weighted by Crippen LogP contribution is 2.34. The molecule has 4 rings (SSSR count). The molecule has 0 aromatic carbocycles. The van der Waals surface area contributed by atoms with Crippen LogP contribution in [0.5, 0.6) is 0 Å². The Bertz CT molecular complexity index is 597. The van der Waals surface area contributed by atoms with Gasteiger partial charge in [-0.1, -0.05) is 0 Å². The van der Waals surface area contributed by atoms with E-state index in [1.807, 2.05) is 21.8 Å². The highest BCUT2D eigenvalue weighted by atomic mass is 16.5. The third-order valence-corrected chi connectivity index (χ3v) is 5.54. The largest absolute Gasteiger partial charge is 0.460 e. The lowest BCUT2D eigenvalue weighted by Gasteiger charge is -2.32. The van der Waals surface area contributed by atoms with Gasteiger partial charge in [-0.2, -0.15) is 5.10 Å². The second-order valence-corrected chi connectivity index (χ2v) is 7.36. The van der Waals surface area contributed by atoms with Crippen molar-refractivity contribution in [3.05, 3.63) is 18.5 Å². The van der Waals surface area contributed by atoms with Crippen molar-refractivity contribution in [3.63, 3.8) is 0 Å². The molecule has 0 N–H and O–H groups in total. The van der Waals surface area contributed by atoms with Gasteiger partial charge >= 0.3 is 5.97 Å². The fourth-order valence-corrected chi connectivity index (χ4v) is 4.03. The first kappa shape index (κ1) is 15.7. The maximum atomic E-state index is 12.6. The lowest BCUT2D eigenvalue weighted by atomic mass is 9.97. The quantitative estimate of drug-likeness (QED) is 0.793. The molecule has 0 spiro atoms. The molecule has 24 heavy (non-hydrogen) atoms. The Morgan fingerprint density at radius 1 is 1.04 bits per heavy atom. The van der Waals surface area contributed by atoms with Gasteiger partial charge in [0.1, 0.15) is 6.10 Å². The third kappa shape index (κ3) is 3.19. The van der Waals surface area contributed by atoms with E-state index in [9.17, 15) is 9.59 Å². The zero-order valence-electron chi connectivity index (χ0n) is 14.0. The molecule has 0 unspecified atom stereocenters. The van der Waals surface area contributed by atoms with Crippen LogP contribution in [0.3, 0.4) is 0 Å². The van der Waals surface area contributed by atoms with Gasteiger partial charge in [0.15, 0.2) is 0 Å². The molecular weight excluding hydrogens is 306 g/mol. The molecule has 1 aromatic rings. The SMILES string of the molecule is O=C(O[C@@H]1CCC[C@H]1n1cccn1)[C@@H]1CCCN(C(=O)C2CC2)C1. The van der Waals surface area contributed by atoms with Crippen LogP contribution in [0.4, 0.5) is 0 Å². The van der Waals surface area contributed by atoms with E-state index in [1.54, 1.807) is 6.20 Å². The molecule has 0 bridgehead atoms. The number of likely N-dealkylation sites (tertiary alicyclic amines) is 1. The first-order valence-electron chi connectivity index (χ1n) is 9.21. The molecule has 1 aliphatic heterocycles. The van der Waals surface area contributed by atoms with Crippen LogP contribution in [-0.2, 0) is 14.3 Å². The van der Waals surface area contributed by atoms with Crippen molar-refractivity contribution < 1.29 is 14.3 Å². The number of piperidine rings is 1. The maximum Gasteiger partial charge on any atom is 0.311 e. The number of nitrogens with zero attached hydrogens (tertiary/aromatic N) is 3. The lowest BCUT2D eigenvalue weighted by Crippen LogP contribution is -2.44. The molecular formula is C18H25N3O3. The average molecular weight is 331 g/mol. The number of rotatable bonds is 4. The molecule has 1 amide bonds. The standard InChI is InChI=1S/C18H25N3O3/c22-17(13-7-8-13)20-10-2-4-14(12-20)18(23)24-16-6-1-5-15(16)21-11-3-9-19-21/h3,9,11,13-16H,1-2,4-8,10,12H2/t14-,15-,16-/m1/s1. The lowest BCUT2D eigenvalue weighted by molar-refractivity contribution is -0.158. The summed E-state index contributed by atoms with van der Waals surface area (Å²) in [5.74, 6) is 0.161. The van der Waals surface area contributed by atoms with Crippen molar-refractivity contribution in [2.24, 2.45) is 11.8 Å². The van der Waals surface area contributed by atoms with Crippen LogP contribution in [0, 0.1) is 11.8 Å². The molecule has 0 radical (unpaired) electrons. The Kier molecular flexibility index (Phi) is 4.29. The van der Waals surface area contributed by atoms with E-state index in [0.29, 0.717) is 6.54 Å². The van der Waals surface area contributed by atoms with E-state index in [0.717, 1.165) is 51.5 Å². The van der Waals surface area contributed by atoms with Crippen LogP contribution in [0.15, 0.2) is 18.5 Å². The highest BCUT2D eigenvalue weighted by Gasteiger charge is 2.39. The van der Waals surface area contributed by atoms with Gasteiger partial charge in [-0.3, -0.25) is 14.3 Å². The second kappa shape index (κ2) is 6.57. The van der Waals surface area contributed by atoms with E-state index in [4.69, 9.17) is 4.74 Å². The number of amides is 1. The number of esters is 1. The summed E-state index contributed by atoms with van der Waals surface area (Å²) >= 11 is 0. The van der Waals surface area contributed by atoms with Gasteiger partial charge in [0.2, 0.25) is 5.91 Å². The molecule has 2 heterocycles. The van der Waals surface area contributed by atoms with Crippen molar-refractivity contribution in [1.82, 2.24) is 14.7 Å². The molecule has 6 heteroatoms. The van der Waals surface area contributed by atoms with Crippen LogP contribution in [-0.4, -0.2) is 45.8 Å². The van der Waals surface area contributed by atoms with E-state index in [-0.39, 0.29) is 35.9 Å². The van der Waals surface area contributed by atoms with E-state index in [2.05, 4.69) is 5.10 Å². The molecule has 2 saturated carbocycles. The predicted octanol–water partition coefficient (Wildman–Crippen LogP) is 2.17. The Morgan fingerprint density at radius 3 is 2.67 bits per heavy atom. The van der Waals surface area contributed by atoms with E-state index >= 15 is 0 Å². The van der Waals surface area contributed by atoms with Crippen LogP contribution in [0.25, 0.3) is 0 Å². The van der Waals surface area contributed by atoms with Crippen LogP contribution in [0.2, 0.25) is 0 Å². The minimum absolute atomic E-state index is 0.0908. The minimum atomic E-state index is -0.166. The van der Waals surface area contributed by atoms with Crippen molar-refractivity contribution in [3.8, 4) is 0 Å². The van der Waals surface area contributed by atoms with Gasteiger partial charge in [0, 0.05) is 31.4 Å². The first-order chi connectivity index (χ1) is 11.7. The Hall–Kier alpha value is -1.85. The Balaban J connectivity index is 1.36. The number of hydrogen-bond donors (Lipinski definition) is 0. The topological polar surface area (TPSA) is 64.4 Å². The zero-order chi connectivity index (χ0) is 16.5. The molecule has 3 fully saturated rings. The number of hydrogen-bond acceptors (Lipinski definition) is 4. The fourth-order valence-electron chi connectivity index (χ4n) is 4.03. The van der Waals surface area contributed by atoms with E-state index in [1.165, 1.54) is 0 Å². The summed E-state index contributed by atoms with van der Waals surface area (Å²) in [6.07, 6.45) is 10.3. The van der Waals surface area contributed by atoms with Crippen LogP contribution < -0.4 is 0 Å². The average Bonchev–Trinajstić information content (AvgIpc) is 3.11. The van der Waals surface area contributed by atoms with Crippen molar-refractivity contribution >= 4 is 11.9 Å². The fraction of sp³-hybridized carbons (Fsp3) is 0.722. The predicted molar refractivity (Wildman–Crippen MR) is 87.0 cm³/mol. The third-order valence-electron chi connectivity index (χ3n) is 5.54. The molecule has 3 aliphatic rings. The summed E-state index contributed by atoms with van der Waals surface area (Å²) in [5.41, 5.74) is 0. The Labute approximate surface area is 142 Å². The van der Waals surface area contributed by atoms with Gasteiger partial charge in [-0.15, -0.1) is 0 Å². The van der Waals surface area contributed by atoms with Crippen LogP contribution >= 0.6 is 0 Å². The number of ether oxygens (including phenoxy) is 1. The van der Waals surface area contributed by atoms with Gasteiger partial charge in [0.05, 0.1) is 12.0 Å². The van der Waals surface area contributed by atoms with Gasteiger partial charge in [-0.25, -0.2) is 0 Å². The maximum absolute atomic E-state index is 12.6. The second-order valence-electron chi connectivity index (χ2n) is 7.36. The van der Waals surface area contributed by atoms with E-state index < -0.39 is 0 Å². The van der Waals surface area contributed by atoms with Gasteiger partial charge < -0.3 is 9.64 Å². The minimum Gasteiger partial charge on any atom is -0.460 e. The first-order valence-corrected chi connectivity index (χ1v) is 9.21. The number of carbonyl (C=O) groups is 2. The molecule has 1 saturated heterocycles. The van der Waals surface area contributed by atoms with Crippen LogP contribution in [0.1, 0.15) is 51.0 Å². The van der Waals surface area contributed by atoms with Crippen molar-refractivity contribution in [1.29, 1.82) is 0 Å². The molecule has 130 valence electrons. The van der Waals surface area contributed by atoms with Gasteiger partial charge in [-0.05, 0) is 51.0 Å². The molecule has 2 aliphatic carbocycles. The number of aromatic nitrogens is 2. The normalized spacial score (nSPS) is 30.3. The monoisotopic (exact) mass is 331 g/mol. The highest BCUT2D eigenvalue weighted by molar-refractivity contribution is 5.82. The molecule has 6 nitrogen and oxygen atoms in total. The summed E-state index contributed by atoms with van der Waals surface area (Å²) < 4.78 is 7.77. The summed E-state index contributed by atoms with van der Waals surface area (Å²) in [4.78, 5) is 26.8. The molecule has 1 aromatic heterocycles. The summed E-state index contributed by atoms with van der Waals surface area (Å²) in [6.45, 7) is 1.33. The smallest absolute Gasteiger partial charge is 0.311 e.